The predicted octanol–water partition coefficient (Wildman–Crippen LogP) is 2.89. The van der Waals surface area contributed by atoms with Crippen molar-refractivity contribution < 1.29 is 4.74 Å². The topological polar surface area (TPSA) is 25.4 Å². The molecule has 1 saturated heterocycles. The molecule has 0 spiro atoms. The van der Waals surface area contributed by atoms with Gasteiger partial charge in [-0.3, -0.25) is 4.98 Å². The summed E-state index contributed by atoms with van der Waals surface area (Å²) >= 11 is 0. The van der Waals surface area contributed by atoms with Gasteiger partial charge in [-0.2, -0.15) is 0 Å². The molecule has 3 nitrogen and oxygen atoms in total. The number of ether oxygens (including phenoxy) is 1. The van der Waals surface area contributed by atoms with Crippen LogP contribution in [0.4, 0.5) is 0 Å². The van der Waals surface area contributed by atoms with Crippen LogP contribution in [-0.2, 0) is 0 Å². The van der Waals surface area contributed by atoms with E-state index in [4.69, 9.17) is 4.74 Å². The molecule has 1 aromatic rings. The first-order valence-electron chi connectivity index (χ1n) is 6.52. The minimum absolute atomic E-state index is 0.326. The van der Waals surface area contributed by atoms with E-state index in [1.807, 2.05) is 32.9 Å². The van der Waals surface area contributed by atoms with Crippen LogP contribution in [-0.4, -0.2) is 36.1 Å². The fraction of sp³-hybridized carbons (Fsp3) is 0.643. The molecule has 1 unspecified atom stereocenters. The van der Waals surface area contributed by atoms with Crippen LogP contribution in [0.1, 0.15) is 32.4 Å². The fourth-order valence-electron chi connectivity index (χ4n) is 1.99. The number of nitrogens with zero attached hydrogens (tertiary/aromatic N) is 2. The van der Waals surface area contributed by atoms with E-state index in [1.165, 1.54) is 13.0 Å². The van der Waals surface area contributed by atoms with E-state index in [0.717, 1.165) is 24.4 Å². The lowest BCUT2D eigenvalue weighted by molar-refractivity contribution is 0.103. The Morgan fingerprint density at radius 2 is 2.18 bits per heavy atom. The zero-order valence-corrected chi connectivity index (χ0v) is 11.4. The van der Waals surface area contributed by atoms with Gasteiger partial charge < -0.3 is 9.64 Å². The number of likely N-dealkylation sites (tertiary alicyclic amines) is 1. The van der Waals surface area contributed by atoms with E-state index in [9.17, 15) is 0 Å². The zero-order valence-electron chi connectivity index (χ0n) is 11.4. The predicted molar refractivity (Wildman–Crippen MR) is 71.5 cm³/mol. The van der Waals surface area contributed by atoms with Gasteiger partial charge in [0.15, 0.2) is 0 Å². The van der Waals surface area contributed by atoms with Crippen LogP contribution < -0.4 is 4.74 Å². The van der Waals surface area contributed by atoms with Gasteiger partial charge in [0.25, 0.3) is 0 Å². The van der Waals surface area contributed by atoms with Gasteiger partial charge >= 0.3 is 0 Å². The summed E-state index contributed by atoms with van der Waals surface area (Å²) in [5.74, 6) is 0.929. The third kappa shape index (κ3) is 4.35. The van der Waals surface area contributed by atoms with Crippen LogP contribution in [0.3, 0.4) is 0 Å². The Kier molecular flexibility index (Phi) is 5.98. The molecule has 17 heavy (non-hydrogen) atoms. The highest BCUT2D eigenvalue weighted by molar-refractivity contribution is 5.25. The first-order chi connectivity index (χ1) is 8.25. The third-order valence-corrected chi connectivity index (χ3v) is 2.83. The summed E-state index contributed by atoms with van der Waals surface area (Å²) in [6, 6.07) is 3.92. The van der Waals surface area contributed by atoms with Crippen molar-refractivity contribution in [2.24, 2.45) is 0 Å². The first kappa shape index (κ1) is 14.0. The Balaban J connectivity index is 0.000000686. The Hall–Kier alpha value is -1.09. The van der Waals surface area contributed by atoms with Crippen molar-refractivity contribution in [2.75, 3.05) is 20.1 Å². The van der Waals surface area contributed by atoms with Gasteiger partial charge in [0, 0.05) is 12.7 Å². The third-order valence-electron chi connectivity index (χ3n) is 2.83. The van der Waals surface area contributed by atoms with Crippen LogP contribution in [0.2, 0.25) is 0 Å². The van der Waals surface area contributed by atoms with Gasteiger partial charge in [0.1, 0.15) is 11.9 Å². The van der Waals surface area contributed by atoms with Crippen LogP contribution in [0, 0.1) is 6.92 Å². The minimum Gasteiger partial charge on any atom is -0.487 e. The number of pyridine rings is 1. The second kappa shape index (κ2) is 7.28. The number of piperidine rings is 1. The van der Waals surface area contributed by atoms with Gasteiger partial charge in [0.05, 0.1) is 5.69 Å². The van der Waals surface area contributed by atoms with E-state index in [1.54, 1.807) is 6.20 Å². The zero-order chi connectivity index (χ0) is 12.7. The summed E-state index contributed by atoms with van der Waals surface area (Å²) in [6.07, 6.45) is 4.50. The molecule has 1 atom stereocenters. The first-order valence-corrected chi connectivity index (χ1v) is 6.52. The average Bonchev–Trinajstić information content (AvgIpc) is 2.35. The molecule has 1 aliphatic rings. The second-order valence-electron chi connectivity index (χ2n) is 4.23. The summed E-state index contributed by atoms with van der Waals surface area (Å²) in [7, 11) is 2.14. The van der Waals surface area contributed by atoms with E-state index < -0.39 is 0 Å². The van der Waals surface area contributed by atoms with Crippen molar-refractivity contribution in [3.05, 3.63) is 24.0 Å². The summed E-state index contributed by atoms with van der Waals surface area (Å²) in [4.78, 5) is 6.54. The van der Waals surface area contributed by atoms with Gasteiger partial charge in [-0.1, -0.05) is 13.8 Å². The van der Waals surface area contributed by atoms with Crippen LogP contribution in [0.25, 0.3) is 0 Å². The van der Waals surface area contributed by atoms with Crippen molar-refractivity contribution in [1.82, 2.24) is 9.88 Å². The molecule has 0 amide bonds. The smallest absolute Gasteiger partial charge is 0.140 e. The molecule has 96 valence electrons. The van der Waals surface area contributed by atoms with E-state index in [0.29, 0.717) is 6.10 Å². The van der Waals surface area contributed by atoms with Crippen molar-refractivity contribution >= 4 is 0 Å². The molecule has 1 aliphatic heterocycles. The molecule has 2 rings (SSSR count). The molecule has 1 fully saturated rings. The Bertz CT molecular complexity index is 328. The Morgan fingerprint density at radius 3 is 2.82 bits per heavy atom. The minimum atomic E-state index is 0.326. The van der Waals surface area contributed by atoms with Gasteiger partial charge in [0.2, 0.25) is 0 Å². The van der Waals surface area contributed by atoms with Crippen molar-refractivity contribution in [3.63, 3.8) is 0 Å². The van der Waals surface area contributed by atoms with E-state index >= 15 is 0 Å². The summed E-state index contributed by atoms with van der Waals surface area (Å²) < 4.78 is 5.95. The normalized spacial score (nSPS) is 20.4. The van der Waals surface area contributed by atoms with Gasteiger partial charge in [-0.15, -0.1) is 0 Å². The molecular formula is C14H24N2O. The lowest BCUT2D eigenvalue weighted by Crippen LogP contribution is -2.38. The molecule has 1 aromatic heterocycles. The van der Waals surface area contributed by atoms with E-state index in [-0.39, 0.29) is 0 Å². The monoisotopic (exact) mass is 236 g/mol. The van der Waals surface area contributed by atoms with Crippen LogP contribution in [0.15, 0.2) is 18.3 Å². The van der Waals surface area contributed by atoms with E-state index in [2.05, 4.69) is 16.9 Å². The second-order valence-corrected chi connectivity index (χ2v) is 4.23. The quantitative estimate of drug-likeness (QED) is 0.789. The maximum Gasteiger partial charge on any atom is 0.140 e. The molecule has 0 N–H and O–H groups in total. The maximum absolute atomic E-state index is 5.95. The highest BCUT2D eigenvalue weighted by Gasteiger charge is 2.18. The molecule has 0 saturated carbocycles. The van der Waals surface area contributed by atoms with Crippen molar-refractivity contribution in [1.29, 1.82) is 0 Å². The van der Waals surface area contributed by atoms with Crippen molar-refractivity contribution in [3.8, 4) is 5.75 Å². The number of rotatable bonds is 2. The average molecular weight is 236 g/mol. The largest absolute Gasteiger partial charge is 0.487 e. The Morgan fingerprint density at radius 1 is 1.41 bits per heavy atom. The molecule has 3 heteroatoms. The number of aryl methyl sites for hydroxylation is 1. The number of hydrogen-bond acceptors (Lipinski definition) is 3. The van der Waals surface area contributed by atoms with Crippen LogP contribution >= 0.6 is 0 Å². The van der Waals surface area contributed by atoms with Crippen LogP contribution in [0.5, 0.6) is 5.75 Å². The molecule has 0 aliphatic carbocycles. The molecule has 0 bridgehead atoms. The van der Waals surface area contributed by atoms with Gasteiger partial charge in [-0.25, -0.2) is 0 Å². The maximum atomic E-state index is 5.95. The summed E-state index contributed by atoms with van der Waals surface area (Å²) in [6.45, 7) is 8.20. The highest BCUT2D eigenvalue weighted by Crippen LogP contribution is 2.19. The number of likely N-dealkylation sites (N-methyl/N-ethyl adjacent to an activating group) is 1. The number of aromatic nitrogens is 1. The standard InChI is InChI=1S/C12H18N2O.C2H6/c1-10-12(6-3-7-13-10)15-11-5-4-8-14(2)9-11;1-2/h3,6-7,11H,4-5,8-9H2,1-2H3;1-2H3. The van der Waals surface area contributed by atoms with Crippen molar-refractivity contribution in [2.45, 2.75) is 39.7 Å². The number of hydrogen-bond donors (Lipinski definition) is 0. The van der Waals surface area contributed by atoms with Gasteiger partial charge in [-0.05, 0) is 45.5 Å². The fourth-order valence-corrected chi connectivity index (χ4v) is 1.99. The summed E-state index contributed by atoms with van der Waals surface area (Å²) in [5, 5.41) is 0. The molecule has 2 heterocycles. The lowest BCUT2D eigenvalue weighted by Gasteiger charge is -2.30. The molecular weight excluding hydrogens is 212 g/mol. The summed E-state index contributed by atoms with van der Waals surface area (Å²) in [5.41, 5.74) is 0.978. The lowest BCUT2D eigenvalue weighted by atomic mass is 10.1. The SMILES string of the molecule is CC.Cc1ncccc1OC1CCCN(C)C1. The molecule has 0 aromatic carbocycles. The molecule has 0 radical (unpaired) electrons. The Labute approximate surface area is 105 Å². The highest BCUT2D eigenvalue weighted by atomic mass is 16.5.